The highest BCUT2D eigenvalue weighted by Gasteiger charge is 2.21. The second kappa shape index (κ2) is 8.61. The fraction of sp³-hybridized carbons (Fsp3) is 0.647. The van der Waals surface area contributed by atoms with Gasteiger partial charge in [0.05, 0.1) is 5.75 Å². The van der Waals surface area contributed by atoms with Crippen LogP contribution in [0.1, 0.15) is 32.3 Å². The van der Waals surface area contributed by atoms with Crippen LogP contribution in [0.15, 0.2) is 18.2 Å². The molecule has 2 atom stereocenters. The average molecular weight is 377 g/mol. The monoisotopic (exact) mass is 376 g/mol. The van der Waals surface area contributed by atoms with Gasteiger partial charge in [0.2, 0.25) is 10.0 Å². The first kappa shape index (κ1) is 19.6. The van der Waals surface area contributed by atoms with E-state index in [1.807, 2.05) is 0 Å². The van der Waals surface area contributed by atoms with Gasteiger partial charge in [-0.15, -0.1) is 0 Å². The summed E-state index contributed by atoms with van der Waals surface area (Å²) in [6, 6.07) is 4.17. The van der Waals surface area contributed by atoms with Gasteiger partial charge in [0.1, 0.15) is 5.82 Å². The van der Waals surface area contributed by atoms with Gasteiger partial charge in [0.15, 0.2) is 0 Å². The molecule has 1 heterocycles. The van der Waals surface area contributed by atoms with Crippen molar-refractivity contribution >= 4 is 21.6 Å². The van der Waals surface area contributed by atoms with Gasteiger partial charge in [-0.1, -0.05) is 31.5 Å². The van der Waals surface area contributed by atoms with Crippen molar-refractivity contribution in [3.05, 3.63) is 34.6 Å². The van der Waals surface area contributed by atoms with E-state index < -0.39 is 21.6 Å². The van der Waals surface area contributed by atoms with Crippen molar-refractivity contribution in [3.63, 3.8) is 0 Å². The van der Waals surface area contributed by atoms with Gasteiger partial charge >= 0.3 is 0 Å². The molecule has 1 aliphatic heterocycles. The van der Waals surface area contributed by atoms with Crippen molar-refractivity contribution in [2.45, 2.75) is 32.4 Å². The minimum atomic E-state index is -3.60. The molecule has 0 amide bonds. The lowest BCUT2D eigenvalue weighted by molar-refractivity contribution is 0.140. The number of hydrogen-bond donors (Lipinski definition) is 1. The van der Waals surface area contributed by atoms with E-state index in [1.54, 1.807) is 0 Å². The summed E-state index contributed by atoms with van der Waals surface area (Å²) in [5, 5.41) is 0.136. The summed E-state index contributed by atoms with van der Waals surface area (Å²) in [4.78, 5) is 2.39. The molecule has 2 unspecified atom stereocenters. The fourth-order valence-corrected chi connectivity index (χ4v) is 4.96. The van der Waals surface area contributed by atoms with E-state index >= 15 is 0 Å². The number of halogens is 2. The highest BCUT2D eigenvalue weighted by atomic mass is 35.5. The lowest BCUT2D eigenvalue weighted by Gasteiger charge is -2.34. The first-order valence-corrected chi connectivity index (χ1v) is 10.4. The molecule has 0 aromatic heterocycles. The van der Waals surface area contributed by atoms with Gasteiger partial charge in [-0.25, -0.2) is 17.5 Å². The maximum Gasteiger partial charge on any atom is 0.215 e. The molecule has 0 bridgehead atoms. The summed E-state index contributed by atoms with van der Waals surface area (Å²) in [5.41, 5.74) is 0.0188. The van der Waals surface area contributed by atoms with Gasteiger partial charge < -0.3 is 4.90 Å². The normalized spacial score (nSPS) is 22.7. The van der Waals surface area contributed by atoms with Crippen molar-refractivity contribution in [2.75, 3.05) is 26.2 Å². The zero-order chi connectivity index (χ0) is 17.7. The summed E-state index contributed by atoms with van der Waals surface area (Å²) in [6.45, 7) is 7.88. The first-order valence-electron chi connectivity index (χ1n) is 8.39. The Balaban J connectivity index is 1.79. The predicted octanol–water partition coefficient (Wildman–Crippen LogP) is 3.27. The maximum absolute atomic E-state index is 13.7. The van der Waals surface area contributed by atoms with Crippen LogP contribution >= 0.6 is 11.6 Å². The van der Waals surface area contributed by atoms with E-state index in [0.717, 1.165) is 26.1 Å². The van der Waals surface area contributed by atoms with Crippen LogP contribution in [0.2, 0.25) is 5.02 Å². The molecule has 2 rings (SSSR count). The van der Waals surface area contributed by atoms with E-state index in [1.165, 1.54) is 24.6 Å². The Bertz CT molecular complexity index is 624. The van der Waals surface area contributed by atoms with Crippen molar-refractivity contribution in [1.82, 2.24) is 9.62 Å². The van der Waals surface area contributed by atoms with Gasteiger partial charge in [0, 0.05) is 30.2 Å². The van der Waals surface area contributed by atoms with Gasteiger partial charge in [-0.3, -0.25) is 0 Å². The third kappa shape index (κ3) is 5.99. The molecule has 0 aliphatic carbocycles. The molecule has 0 radical (unpaired) electrons. The number of nitrogens with zero attached hydrogens (tertiary/aromatic N) is 1. The molecule has 0 saturated carbocycles. The topological polar surface area (TPSA) is 49.4 Å². The molecular weight excluding hydrogens is 351 g/mol. The van der Waals surface area contributed by atoms with Crippen LogP contribution in [0.3, 0.4) is 0 Å². The van der Waals surface area contributed by atoms with Crippen LogP contribution in [0.4, 0.5) is 4.39 Å². The molecule has 1 aromatic rings. The Labute approximate surface area is 149 Å². The van der Waals surface area contributed by atoms with E-state index in [2.05, 4.69) is 23.5 Å². The number of sulfonamides is 1. The number of benzene rings is 1. The number of hydrogen-bond acceptors (Lipinski definition) is 3. The Morgan fingerprint density at radius 1 is 1.29 bits per heavy atom. The molecular formula is C17H26ClFN2O2S. The fourth-order valence-electron chi connectivity index (χ4n) is 3.42. The SMILES string of the molecule is CC1CC(C)CN(CCCNS(=O)(=O)Cc2c(F)cccc2Cl)C1. The summed E-state index contributed by atoms with van der Waals surface area (Å²) in [5.74, 6) is 0.350. The minimum Gasteiger partial charge on any atom is -0.303 e. The molecule has 1 saturated heterocycles. The molecule has 1 aliphatic rings. The predicted molar refractivity (Wildman–Crippen MR) is 96.0 cm³/mol. The largest absolute Gasteiger partial charge is 0.303 e. The van der Waals surface area contributed by atoms with Crippen molar-refractivity contribution in [3.8, 4) is 0 Å². The molecule has 136 valence electrons. The van der Waals surface area contributed by atoms with Gasteiger partial charge in [-0.2, -0.15) is 0 Å². The Morgan fingerprint density at radius 3 is 2.58 bits per heavy atom. The van der Waals surface area contributed by atoms with Crippen LogP contribution in [0, 0.1) is 17.7 Å². The summed E-state index contributed by atoms with van der Waals surface area (Å²) in [7, 11) is -3.60. The van der Waals surface area contributed by atoms with E-state index in [9.17, 15) is 12.8 Å². The van der Waals surface area contributed by atoms with Crippen LogP contribution in [-0.4, -0.2) is 39.5 Å². The maximum atomic E-state index is 13.7. The zero-order valence-electron chi connectivity index (χ0n) is 14.3. The molecule has 24 heavy (non-hydrogen) atoms. The van der Waals surface area contributed by atoms with Gasteiger partial charge in [0.25, 0.3) is 0 Å². The quantitative estimate of drug-likeness (QED) is 0.743. The van der Waals surface area contributed by atoms with Crippen molar-refractivity contribution in [1.29, 1.82) is 0 Å². The second-order valence-corrected chi connectivity index (χ2v) is 9.13. The Morgan fingerprint density at radius 2 is 1.96 bits per heavy atom. The number of likely N-dealkylation sites (tertiary alicyclic amines) is 1. The molecule has 7 heteroatoms. The van der Waals surface area contributed by atoms with Crippen molar-refractivity contribution in [2.24, 2.45) is 11.8 Å². The molecule has 4 nitrogen and oxygen atoms in total. The third-order valence-corrected chi connectivity index (χ3v) is 5.98. The lowest BCUT2D eigenvalue weighted by atomic mass is 9.92. The number of piperidine rings is 1. The summed E-state index contributed by atoms with van der Waals surface area (Å²) < 4.78 is 40.5. The van der Waals surface area contributed by atoms with Crippen LogP contribution in [0.25, 0.3) is 0 Å². The van der Waals surface area contributed by atoms with Crippen LogP contribution < -0.4 is 4.72 Å². The molecule has 0 spiro atoms. The number of nitrogens with one attached hydrogen (secondary N) is 1. The highest BCUT2D eigenvalue weighted by Crippen LogP contribution is 2.22. The first-order chi connectivity index (χ1) is 11.3. The van der Waals surface area contributed by atoms with E-state index in [-0.39, 0.29) is 10.6 Å². The third-order valence-electron chi connectivity index (χ3n) is 4.31. The van der Waals surface area contributed by atoms with E-state index in [4.69, 9.17) is 11.6 Å². The van der Waals surface area contributed by atoms with Crippen LogP contribution in [0.5, 0.6) is 0 Å². The van der Waals surface area contributed by atoms with E-state index in [0.29, 0.717) is 18.4 Å². The molecule has 1 fully saturated rings. The van der Waals surface area contributed by atoms with Crippen LogP contribution in [-0.2, 0) is 15.8 Å². The Kier molecular flexibility index (Phi) is 7.04. The highest BCUT2D eigenvalue weighted by molar-refractivity contribution is 7.88. The smallest absolute Gasteiger partial charge is 0.215 e. The van der Waals surface area contributed by atoms with Gasteiger partial charge in [-0.05, 0) is 43.4 Å². The average Bonchev–Trinajstić information content (AvgIpc) is 2.47. The molecule has 1 N–H and O–H groups in total. The minimum absolute atomic E-state index is 0.0188. The van der Waals surface area contributed by atoms with Crippen molar-refractivity contribution < 1.29 is 12.8 Å². The zero-order valence-corrected chi connectivity index (χ0v) is 15.8. The Hall–Kier alpha value is -0.690. The molecule has 1 aromatic carbocycles. The summed E-state index contributed by atoms with van der Waals surface area (Å²) >= 11 is 5.89. The second-order valence-electron chi connectivity index (χ2n) is 6.91. The number of rotatable bonds is 7. The standard InChI is InChI=1S/C17H26ClFN2O2S/c1-13-9-14(2)11-21(10-13)8-4-7-20-24(22,23)12-15-16(18)5-3-6-17(15)19/h3,5-6,13-14,20H,4,7-12H2,1-2H3. The summed E-state index contributed by atoms with van der Waals surface area (Å²) in [6.07, 6.45) is 2.00. The lowest BCUT2D eigenvalue weighted by Crippen LogP contribution is -2.40.